The van der Waals surface area contributed by atoms with Crippen LogP contribution < -0.4 is 10.3 Å². The van der Waals surface area contributed by atoms with Gasteiger partial charge in [0, 0.05) is 42.8 Å². The van der Waals surface area contributed by atoms with Crippen molar-refractivity contribution < 1.29 is 14.2 Å². The second kappa shape index (κ2) is 11.5. The molecular weight excluding hydrogens is 460 g/mol. The molecule has 194 valence electrons. The first-order valence-corrected chi connectivity index (χ1v) is 13.2. The van der Waals surface area contributed by atoms with Crippen LogP contribution in [0.25, 0.3) is 10.9 Å². The van der Waals surface area contributed by atoms with Crippen molar-refractivity contribution in [2.45, 2.75) is 77.3 Å². The molecule has 2 aliphatic rings. The fraction of sp³-hybridized carbons (Fsp3) is 0.615. The van der Waals surface area contributed by atoms with E-state index in [0.29, 0.717) is 31.8 Å². The molecule has 2 aliphatic heterocycles. The highest BCUT2D eigenvalue weighted by Gasteiger charge is 2.30. The van der Waals surface area contributed by atoms with Crippen molar-refractivity contribution in [3.8, 4) is 5.75 Å². The molecule has 0 unspecified atom stereocenters. The number of nitrogens with one attached hydrogen (secondary N) is 1. The zero-order valence-electron chi connectivity index (χ0n) is 21.2. The number of tetrazole rings is 1. The summed E-state index contributed by atoms with van der Waals surface area (Å²) in [6.07, 6.45) is 5.23. The third-order valence-corrected chi connectivity index (χ3v) is 7.12. The molecule has 0 amide bonds. The number of fused-ring (bicyclic) bond motifs is 1. The van der Waals surface area contributed by atoms with Crippen LogP contribution in [0.4, 0.5) is 0 Å². The van der Waals surface area contributed by atoms with Crippen molar-refractivity contribution in [1.82, 2.24) is 30.1 Å². The van der Waals surface area contributed by atoms with Gasteiger partial charge < -0.3 is 19.2 Å². The Kier molecular flexibility index (Phi) is 7.93. The van der Waals surface area contributed by atoms with Crippen molar-refractivity contribution in [1.29, 1.82) is 0 Å². The lowest BCUT2D eigenvalue weighted by Crippen LogP contribution is -2.38. The van der Waals surface area contributed by atoms with E-state index in [1.807, 2.05) is 35.9 Å². The lowest BCUT2D eigenvalue weighted by atomic mass is 10.1. The van der Waals surface area contributed by atoms with Crippen molar-refractivity contribution in [3.63, 3.8) is 0 Å². The number of nitrogens with zero attached hydrogens (tertiary/aromatic N) is 5. The number of rotatable bonds is 11. The smallest absolute Gasteiger partial charge is 0.252 e. The van der Waals surface area contributed by atoms with Crippen molar-refractivity contribution in [3.05, 3.63) is 46.0 Å². The van der Waals surface area contributed by atoms with E-state index in [1.54, 1.807) is 0 Å². The van der Waals surface area contributed by atoms with Gasteiger partial charge in [0.05, 0.1) is 31.4 Å². The van der Waals surface area contributed by atoms with Crippen molar-refractivity contribution in [2.75, 3.05) is 26.4 Å². The maximum absolute atomic E-state index is 13.1. The summed E-state index contributed by atoms with van der Waals surface area (Å²) in [6, 6.07) is 7.66. The number of hydrogen-bond donors (Lipinski definition) is 1. The summed E-state index contributed by atoms with van der Waals surface area (Å²) in [5.74, 6) is 1.60. The first-order valence-electron chi connectivity index (χ1n) is 13.2. The normalized spacial score (nSPS) is 21.0. The molecule has 0 bridgehead atoms. The molecule has 2 saturated heterocycles. The summed E-state index contributed by atoms with van der Waals surface area (Å²) in [5, 5.41) is 13.7. The molecule has 5 rings (SSSR count). The minimum atomic E-state index is -0.0854. The van der Waals surface area contributed by atoms with Crippen LogP contribution in [0.5, 0.6) is 5.75 Å². The fourth-order valence-corrected chi connectivity index (χ4v) is 5.34. The van der Waals surface area contributed by atoms with Gasteiger partial charge >= 0.3 is 0 Å². The fourth-order valence-electron chi connectivity index (χ4n) is 5.34. The van der Waals surface area contributed by atoms with Gasteiger partial charge in [0.2, 0.25) is 0 Å². The van der Waals surface area contributed by atoms with E-state index in [1.165, 1.54) is 0 Å². The van der Waals surface area contributed by atoms with E-state index in [4.69, 9.17) is 14.2 Å². The van der Waals surface area contributed by atoms with Crippen LogP contribution in [0, 0.1) is 0 Å². The van der Waals surface area contributed by atoms with Gasteiger partial charge in [-0.1, -0.05) is 6.92 Å². The molecule has 4 heterocycles. The van der Waals surface area contributed by atoms with Gasteiger partial charge in [-0.15, -0.1) is 5.10 Å². The van der Waals surface area contributed by atoms with E-state index in [9.17, 15) is 4.79 Å². The average Bonchev–Trinajstić information content (AvgIpc) is 3.65. The largest absolute Gasteiger partial charge is 0.494 e. The molecule has 3 aromatic rings. The lowest BCUT2D eigenvalue weighted by Gasteiger charge is -2.32. The highest BCUT2D eigenvalue weighted by atomic mass is 16.5. The summed E-state index contributed by atoms with van der Waals surface area (Å²) in [5.41, 5.74) is 1.41. The summed E-state index contributed by atoms with van der Waals surface area (Å²) in [7, 11) is 0. The molecule has 36 heavy (non-hydrogen) atoms. The molecule has 2 fully saturated rings. The number of H-pyrrole nitrogens is 1. The van der Waals surface area contributed by atoms with Gasteiger partial charge in [0.1, 0.15) is 5.75 Å². The number of pyridine rings is 1. The third kappa shape index (κ3) is 5.61. The molecule has 0 aliphatic carbocycles. The van der Waals surface area contributed by atoms with Crippen molar-refractivity contribution >= 4 is 10.9 Å². The Labute approximate surface area is 210 Å². The Hall–Kier alpha value is -2.82. The van der Waals surface area contributed by atoms with E-state index >= 15 is 0 Å². The summed E-state index contributed by atoms with van der Waals surface area (Å²) < 4.78 is 19.4. The monoisotopic (exact) mass is 496 g/mol. The van der Waals surface area contributed by atoms with E-state index in [2.05, 4.69) is 32.3 Å². The standard InChI is InChI=1S/C26H36N6O4/c1-3-24(25-28-29-30-32(25)17-22-8-6-12-36-22)31(16-21-7-5-11-35-21)15-19-13-18-14-20(34-4-2)9-10-23(18)27-26(19)33/h9-10,13-14,21-22,24H,3-8,11-12,15-17H2,1-2H3,(H,27,33)/t21-,22-,24-/m0/s1. The van der Waals surface area contributed by atoms with Gasteiger partial charge in [-0.05, 0) is 73.7 Å². The van der Waals surface area contributed by atoms with Crippen LogP contribution in [0.3, 0.4) is 0 Å². The number of hydrogen-bond acceptors (Lipinski definition) is 8. The zero-order valence-corrected chi connectivity index (χ0v) is 21.2. The highest BCUT2D eigenvalue weighted by molar-refractivity contribution is 5.80. The van der Waals surface area contributed by atoms with Gasteiger partial charge in [-0.2, -0.15) is 0 Å². The van der Waals surface area contributed by atoms with Crippen molar-refractivity contribution in [2.24, 2.45) is 0 Å². The van der Waals surface area contributed by atoms with Crippen LogP contribution >= 0.6 is 0 Å². The number of ether oxygens (including phenoxy) is 3. The van der Waals surface area contributed by atoms with Crippen LogP contribution in [0.1, 0.15) is 63.4 Å². The maximum Gasteiger partial charge on any atom is 0.252 e. The maximum atomic E-state index is 13.1. The van der Waals surface area contributed by atoms with E-state index < -0.39 is 0 Å². The van der Waals surface area contributed by atoms with Gasteiger partial charge in [0.15, 0.2) is 5.82 Å². The Bertz CT molecular complexity index is 1200. The number of aromatic nitrogens is 5. The van der Waals surface area contributed by atoms with Crippen LogP contribution in [0.2, 0.25) is 0 Å². The van der Waals surface area contributed by atoms with Gasteiger partial charge in [-0.3, -0.25) is 9.69 Å². The first kappa shape index (κ1) is 24.9. The third-order valence-electron chi connectivity index (χ3n) is 7.12. The van der Waals surface area contributed by atoms with Crippen LogP contribution in [0.15, 0.2) is 29.1 Å². The van der Waals surface area contributed by atoms with Crippen LogP contribution in [-0.4, -0.2) is 68.7 Å². The average molecular weight is 497 g/mol. The topological polar surface area (TPSA) is 107 Å². The predicted octanol–water partition coefficient (Wildman–Crippen LogP) is 3.22. The second-order valence-corrected chi connectivity index (χ2v) is 9.65. The SMILES string of the molecule is CCOc1ccc2[nH]c(=O)c(CN(C[C@@H]3CCCO3)[C@@H](CC)c3nnnn3C[C@@H]3CCCO3)cc2c1. The molecule has 2 aromatic heterocycles. The van der Waals surface area contributed by atoms with Crippen LogP contribution in [-0.2, 0) is 22.6 Å². The van der Waals surface area contributed by atoms with Gasteiger partial charge in [-0.25, -0.2) is 4.68 Å². The molecule has 1 aromatic carbocycles. The number of aromatic amines is 1. The Balaban J connectivity index is 1.45. The Morgan fingerprint density at radius 2 is 1.97 bits per heavy atom. The minimum Gasteiger partial charge on any atom is -0.494 e. The zero-order chi connectivity index (χ0) is 24.9. The molecule has 10 nitrogen and oxygen atoms in total. The first-order chi connectivity index (χ1) is 17.6. The molecule has 10 heteroatoms. The molecule has 3 atom stereocenters. The Morgan fingerprint density at radius 1 is 1.17 bits per heavy atom. The van der Waals surface area contributed by atoms with E-state index in [0.717, 1.165) is 67.8 Å². The molecular formula is C26H36N6O4. The van der Waals surface area contributed by atoms with Gasteiger partial charge in [0.25, 0.3) is 5.56 Å². The highest BCUT2D eigenvalue weighted by Crippen LogP contribution is 2.28. The molecule has 0 radical (unpaired) electrons. The summed E-state index contributed by atoms with van der Waals surface area (Å²) >= 11 is 0. The lowest BCUT2D eigenvalue weighted by molar-refractivity contribution is 0.0470. The summed E-state index contributed by atoms with van der Waals surface area (Å²) in [6.45, 7) is 8.08. The molecule has 0 spiro atoms. The predicted molar refractivity (Wildman–Crippen MR) is 135 cm³/mol. The molecule has 1 N–H and O–H groups in total. The minimum absolute atomic E-state index is 0.0598. The quantitative estimate of drug-likeness (QED) is 0.431. The summed E-state index contributed by atoms with van der Waals surface area (Å²) in [4.78, 5) is 18.5. The number of benzene rings is 1. The van der Waals surface area contributed by atoms with E-state index in [-0.39, 0.29) is 23.8 Å². The Morgan fingerprint density at radius 3 is 2.69 bits per heavy atom. The second-order valence-electron chi connectivity index (χ2n) is 9.65. The molecule has 0 saturated carbocycles.